The van der Waals surface area contributed by atoms with Crippen molar-refractivity contribution in [2.24, 2.45) is 0 Å². The summed E-state index contributed by atoms with van der Waals surface area (Å²) in [6.07, 6.45) is 0. The lowest BCUT2D eigenvalue weighted by molar-refractivity contribution is 0.0993. The van der Waals surface area contributed by atoms with Gasteiger partial charge in [0.25, 0.3) is 0 Å². The molecule has 0 saturated heterocycles. The summed E-state index contributed by atoms with van der Waals surface area (Å²) in [6.45, 7) is 4.38. The van der Waals surface area contributed by atoms with E-state index in [4.69, 9.17) is 0 Å². The zero-order chi connectivity index (χ0) is 15.4. The van der Waals surface area contributed by atoms with Crippen LogP contribution in [0.5, 0.6) is 0 Å². The van der Waals surface area contributed by atoms with Crippen LogP contribution in [0.3, 0.4) is 0 Å². The number of aromatic nitrogens is 2. The highest BCUT2D eigenvalue weighted by atomic mass is 32.2. The van der Waals surface area contributed by atoms with Gasteiger partial charge in [-0.05, 0) is 32.0 Å². The van der Waals surface area contributed by atoms with Crippen LogP contribution in [0, 0.1) is 11.6 Å². The predicted octanol–water partition coefficient (Wildman–Crippen LogP) is 3.61. The van der Waals surface area contributed by atoms with Crippen LogP contribution in [0.15, 0.2) is 22.5 Å². The second-order valence-corrected chi connectivity index (χ2v) is 6.72. The first-order valence-electron chi connectivity index (χ1n) is 6.24. The minimum atomic E-state index is -1.02. The van der Waals surface area contributed by atoms with Gasteiger partial charge in [-0.1, -0.05) is 23.1 Å². The zero-order valence-electron chi connectivity index (χ0n) is 11.4. The molecular formula is C13H13F2N3OS2. The van der Waals surface area contributed by atoms with Crippen LogP contribution in [0.25, 0.3) is 0 Å². The molecule has 1 N–H and O–H groups in total. The van der Waals surface area contributed by atoms with E-state index >= 15 is 0 Å². The van der Waals surface area contributed by atoms with Gasteiger partial charge in [0.2, 0.25) is 5.13 Å². The minimum Gasteiger partial charge on any atom is -0.360 e. The van der Waals surface area contributed by atoms with E-state index in [2.05, 4.69) is 15.5 Å². The molecule has 21 heavy (non-hydrogen) atoms. The molecule has 2 aromatic rings. The fourth-order valence-electron chi connectivity index (χ4n) is 1.57. The number of benzene rings is 1. The van der Waals surface area contributed by atoms with E-state index in [1.165, 1.54) is 29.2 Å². The Morgan fingerprint density at radius 2 is 2.14 bits per heavy atom. The molecule has 0 bridgehead atoms. The summed E-state index contributed by atoms with van der Waals surface area (Å²) < 4.78 is 26.7. The summed E-state index contributed by atoms with van der Waals surface area (Å²) in [5.41, 5.74) is 0.144. The van der Waals surface area contributed by atoms with Gasteiger partial charge in [0.1, 0.15) is 0 Å². The van der Waals surface area contributed by atoms with Gasteiger partial charge in [-0.15, -0.1) is 10.2 Å². The molecule has 2 rings (SSSR count). The molecule has 0 amide bonds. The van der Waals surface area contributed by atoms with E-state index in [1.807, 2.05) is 6.92 Å². The van der Waals surface area contributed by atoms with Crippen molar-refractivity contribution in [3.05, 3.63) is 35.4 Å². The van der Waals surface area contributed by atoms with Crippen LogP contribution in [0.2, 0.25) is 0 Å². The second kappa shape index (κ2) is 6.95. The average molecular weight is 329 g/mol. The van der Waals surface area contributed by atoms with E-state index < -0.39 is 16.9 Å². The van der Waals surface area contributed by atoms with E-state index in [0.717, 1.165) is 18.7 Å². The fourth-order valence-corrected chi connectivity index (χ4v) is 3.61. The molecule has 0 radical (unpaired) electrons. The average Bonchev–Trinajstić information content (AvgIpc) is 2.88. The Balaban J connectivity index is 2.06. The molecule has 112 valence electrons. The molecule has 1 aromatic heterocycles. The van der Waals surface area contributed by atoms with Crippen molar-refractivity contribution < 1.29 is 13.6 Å². The first-order chi connectivity index (χ1) is 10.0. The van der Waals surface area contributed by atoms with Crippen LogP contribution >= 0.6 is 23.1 Å². The number of anilines is 1. The van der Waals surface area contributed by atoms with Gasteiger partial charge in [0.05, 0.1) is 5.25 Å². The van der Waals surface area contributed by atoms with Crippen LogP contribution < -0.4 is 5.32 Å². The van der Waals surface area contributed by atoms with E-state index in [1.54, 1.807) is 6.92 Å². The highest BCUT2D eigenvalue weighted by Gasteiger charge is 2.20. The second-order valence-electron chi connectivity index (χ2n) is 4.16. The molecule has 8 heteroatoms. The van der Waals surface area contributed by atoms with Gasteiger partial charge in [-0.25, -0.2) is 8.78 Å². The van der Waals surface area contributed by atoms with Gasteiger partial charge >= 0.3 is 0 Å². The predicted molar refractivity (Wildman–Crippen MR) is 80.1 cm³/mol. The number of carbonyl (C=O) groups excluding carboxylic acids is 1. The molecule has 1 aromatic carbocycles. The summed E-state index contributed by atoms with van der Waals surface area (Å²) in [5, 5.41) is 11.2. The quantitative estimate of drug-likeness (QED) is 0.648. The number of nitrogens with one attached hydrogen (secondary N) is 1. The number of halogens is 2. The summed E-state index contributed by atoms with van der Waals surface area (Å²) in [6, 6.07) is 3.15. The Kier molecular flexibility index (Phi) is 5.24. The molecule has 0 aliphatic heterocycles. The molecule has 0 spiro atoms. The molecule has 0 fully saturated rings. The molecular weight excluding hydrogens is 316 g/mol. The van der Waals surface area contributed by atoms with E-state index in [0.29, 0.717) is 9.47 Å². The number of Topliss-reactive ketones (excluding diaryl/α,β-unsaturated/α-hetero) is 1. The van der Waals surface area contributed by atoms with Gasteiger partial charge in [0, 0.05) is 12.1 Å². The van der Waals surface area contributed by atoms with Gasteiger partial charge in [0.15, 0.2) is 21.8 Å². The number of nitrogens with zero attached hydrogens (tertiary/aromatic N) is 2. The van der Waals surface area contributed by atoms with Gasteiger partial charge in [-0.2, -0.15) is 0 Å². The fraction of sp³-hybridized carbons (Fsp3) is 0.308. The van der Waals surface area contributed by atoms with Crippen molar-refractivity contribution in [3.63, 3.8) is 0 Å². The Hall–Kier alpha value is -1.54. The molecule has 1 heterocycles. The maximum absolute atomic E-state index is 13.2. The first-order valence-corrected chi connectivity index (χ1v) is 7.94. The zero-order valence-corrected chi connectivity index (χ0v) is 13.0. The molecule has 0 aliphatic carbocycles. The van der Waals surface area contributed by atoms with Crippen molar-refractivity contribution in [3.8, 4) is 0 Å². The number of hydrogen-bond acceptors (Lipinski definition) is 6. The third kappa shape index (κ3) is 3.98. The normalized spacial score (nSPS) is 12.2. The van der Waals surface area contributed by atoms with Crippen LogP contribution in [-0.2, 0) is 0 Å². The third-order valence-electron chi connectivity index (χ3n) is 2.59. The van der Waals surface area contributed by atoms with E-state index in [9.17, 15) is 13.6 Å². The molecule has 0 unspecified atom stereocenters. The maximum atomic E-state index is 13.2. The standard InChI is InChI=1S/C13H13F2N3OS2/c1-3-16-12-17-18-13(21-12)20-7(2)11(19)8-4-5-9(14)10(15)6-8/h4-7H,3H2,1-2H3,(H,16,17)/t7-/m1/s1. The van der Waals surface area contributed by atoms with Crippen molar-refractivity contribution in [1.82, 2.24) is 10.2 Å². The van der Waals surface area contributed by atoms with Crippen LogP contribution in [0.1, 0.15) is 24.2 Å². The Morgan fingerprint density at radius 3 is 2.81 bits per heavy atom. The molecule has 0 aliphatic rings. The molecule has 0 saturated carbocycles. The lowest BCUT2D eigenvalue weighted by Crippen LogP contribution is -2.13. The monoisotopic (exact) mass is 329 g/mol. The number of thioether (sulfide) groups is 1. The molecule has 1 atom stereocenters. The maximum Gasteiger partial charge on any atom is 0.206 e. The lowest BCUT2D eigenvalue weighted by Gasteiger charge is -2.08. The third-order valence-corrected chi connectivity index (χ3v) is 4.65. The van der Waals surface area contributed by atoms with Crippen molar-refractivity contribution in [2.45, 2.75) is 23.4 Å². The summed E-state index contributed by atoms with van der Waals surface area (Å²) in [7, 11) is 0. The lowest BCUT2D eigenvalue weighted by atomic mass is 10.1. The highest BCUT2D eigenvalue weighted by molar-refractivity contribution is 8.02. The van der Waals surface area contributed by atoms with Crippen LogP contribution in [0.4, 0.5) is 13.9 Å². The minimum absolute atomic E-state index is 0.144. The topological polar surface area (TPSA) is 54.9 Å². The largest absolute Gasteiger partial charge is 0.360 e. The highest BCUT2D eigenvalue weighted by Crippen LogP contribution is 2.30. The van der Waals surface area contributed by atoms with Gasteiger partial charge in [-0.3, -0.25) is 4.79 Å². The summed E-state index contributed by atoms with van der Waals surface area (Å²) >= 11 is 2.59. The number of hydrogen-bond donors (Lipinski definition) is 1. The Labute approximate surface area is 129 Å². The summed E-state index contributed by atoms with van der Waals surface area (Å²) in [4.78, 5) is 12.2. The molecule has 4 nitrogen and oxygen atoms in total. The number of ketones is 1. The number of carbonyl (C=O) groups is 1. The first kappa shape index (κ1) is 15.8. The SMILES string of the molecule is CCNc1nnc(S[C@H](C)C(=O)c2ccc(F)c(F)c2)s1. The summed E-state index contributed by atoms with van der Waals surface area (Å²) in [5.74, 6) is -2.27. The van der Waals surface area contributed by atoms with Crippen molar-refractivity contribution in [2.75, 3.05) is 11.9 Å². The number of rotatable bonds is 6. The van der Waals surface area contributed by atoms with Crippen LogP contribution in [-0.4, -0.2) is 27.8 Å². The van der Waals surface area contributed by atoms with Crippen molar-refractivity contribution in [1.29, 1.82) is 0 Å². The Bertz CT molecular complexity index is 648. The van der Waals surface area contributed by atoms with E-state index in [-0.39, 0.29) is 11.3 Å². The van der Waals surface area contributed by atoms with Crippen molar-refractivity contribution >= 4 is 34.0 Å². The van der Waals surface area contributed by atoms with Gasteiger partial charge < -0.3 is 5.32 Å². The Morgan fingerprint density at radius 1 is 1.38 bits per heavy atom. The smallest absolute Gasteiger partial charge is 0.206 e.